The van der Waals surface area contributed by atoms with E-state index in [1.165, 1.54) is 4.88 Å². The highest BCUT2D eigenvalue weighted by atomic mass is 32.1. The summed E-state index contributed by atoms with van der Waals surface area (Å²) < 4.78 is 2.18. The number of imidazole rings is 1. The highest BCUT2D eigenvalue weighted by molar-refractivity contribution is 7.09. The Bertz CT molecular complexity index is 556. The van der Waals surface area contributed by atoms with Crippen LogP contribution in [0, 0.1) is 6.92 Å². The van der Waals surface area contributed by atoms with E-state index in [1.807, 2.05) is 17.5 Å². The summed E-state index contributed by atoms with van der Waals surface area (Å²) >= 11 is 1.84. The molecule has 0 spiro atoms. The second-order valence-electron chi connectivity index (χ2n) is 5.76. The summed E-state index contributed by atoms with van der Waals surface area (Å²) in [5.41, 5.74) is 1.15. The molecule has 0 aromatic carbocycles. The topological polar surface area (TPSA) is 41.3 Å². The minimum atomic E-state index is 0.182. The van der Waals surface area contributed by atoms with Gasteiger partial charge in [0.15, 0.2) is 0 Å². The summed E-state index contributed by atoms with van der Waals surface area (Å²) in [4.78, 5) is 8.58. The van der Waals surface area contributed by atoms with Gasteiger partial charge in [-0.15, -0.1) is 11.3 Å². The van der Waals surface area contributed by atoms with Gasteiger partial charge in [-0.3, -0.25) is 4.90 Å². The van der Waals surface area contributed by atoms with Crippen molar-refractivity contribution < 1.29 is 5.11 Å². The van der Waals surface area contributed by atoms with E-state index >= 15 is 0 Å². The summed E-state index contributed by atoms with van der Waals surface area (Å²) in [7, 11) is 0. The quantitative estimate of drug-likeness (QED) is 0.923. The van der Waals surface area contributed by atoms with Crippen molar-refractivity contribution >= 4 is 11.3 Å². The van der Waals surface area contributed by atoms with Gasteiger partial charge in [0.2, 0.25) is 0 Å². The van der Waals surface area contributed by atoms with Crippen LogP contribution in [0.4, 0.5) is 0 Å². The summed E-state index contributed by atoms with van der Waals surface area (Å²) in [6.45, 7) is 6.26. The fourth-order valence-electron chi connectivity index (χ4n) is 3.17. The van der Waals surface area contributed by atoms with E-state index in [2.05, 4.69) is 38.9 Å². The largest absolute Gasteiger partial charge is 0.395 e. The molecule has 5 heteroatoms. The molecule has 1 N–H and O–H groups in total. The lowest BCUT2D eigenvalue weighted by atomic mass is 9.96. The zero-order valence-corrected chi connectivity index (χ0v) is 13.4. The van der Waals surface area contributed by atoms with Gasteiger partial charge in [0.1, 0.15) is 5.82 Å². The lowest BCUT2D eigenvalue weighted by Crippen LogP contribution is -2.33. The van der Waals surface area contributed by atoms with Crippen molar-refractivity contribution in [3.8, 4) is 0 Å². The first-order chi connectivity index (χ1) is 10.3. The van der Waals surface area contributed by atoms with Gasteiger partial charge in [-0.2, -0.15) is 0 Å². The van der Waals surface area contributed by atoms with Gasteiger partial charge in [-0.25, -0.2) is 4.98 Å². The van der Waals surface area contributed by atoms with Crippen molar-refractivity contribution in [3.63, 3.8) is 0 Å². The number of hydrogen-bond donors (Lipinski definition) is 1. The third-order valence-electron chi connectivity index (χ3n) is 4.32. The Morgan fingerprint density at radius 1 is 1.38 bits per heavy atom. The molecule has 0 aliphatic carbocycles. The highest BCUT2D eigenvalue weighted by Gasteiger charge is 2.24. The Kier molecular flexibility index (Phi) is 4.73. The Hall–Kier alpha value is -1.17. The van der Waals surface area contributed by atoms with Gasteiger partial charge >= 0.3 is 0 Å². The van der Waals surface area contributed by atoms with Crippen LogP contribution in [-0.2, 0) is 13.1 Å². The molecule has 2 aromatic rings. The van der Waals surface area contributed by atoms with Crippen molar-refractivity contribution in [2.45, 2.75) is 38.8 Å². The number of aliphatic hydroxyl groups is 1. The monoisotopic (exact) mass is 305 g/mol. The number of piperidine rings is 1. The second kappa shape index (κ2) is 6.73. The van der Waals surface area contributed by atoms with E-state index < -0.39 is 0 Å². The van der Waals surface area contributed by atoms with Crippen LogP contribution in [0.3, 0.4) is 0 Å². The van der Waals surface area contributed by atoms with Gasteiger partial charge in [0, 0.05) is 35.8 Å². The van der Waals surface area contributed by atoms with Crippen molar-refractivity contribution in [2.75, 3.05) is 19.7 Å². The van der Waals surface area contributed by atoms with E-state index in [0.29, 0.717) is 12.5 Å². The van der Waals surface area contributed by atoms with E-state index in [4.69, 9.17) is 0 Å². The van der Waals surface area contributed by atoms with E-state index in [9.17, 15) is 5.11 Å². The molecule has 0 atom stereocenters. The maximum absolute atomic E-state index is 9.22. The summed E-state index contributed by atoms with van der Waals surface area (Å²) in [5.74, 6) is 1.70. The molecule has 0 bridgehead atoms. The fourth-order valence-corrected chi connectivity index (χ4v) is 3.91. The number of aromatic nitrogens is 2. The molecule has 1 fully saturated rings. The molecule has 1 aliphatic rings. The van der Waals surface area contributed by atoms with Gasteiger partial charge < -0.3 is 9.67 Å². The number of likely N-dealkylation sites (tertiary alicyclic amines) is 1. The molecule has 3 rings (SSSR count). The first kappa shape index (κ1) is 14.8. The summed E-state index contributed by atoms with van der Waals surface area (Å²) in [6.07, 6.45) is 4.25. The molecule has 0 amide bonds. The zero-order valence-electron chi connectivity index (χ0n) is 12.5. The Morgan fingerprint density at radius 2 is 2.19 bits per heavy atom. The van der Waals surface area contributed by atoms with Crippen LogP contribution in [-0.4, -0.2) is 39.3 Å². The molecule has 0 saturated carbocycles. The van der Waals surface area contributed by atoms with Gasteiger partial charge in [-0.1, -0.05) is 6.07 Å². The maximum atomic E-state index is 9.22. The van der Waals surface area contributed by atoms with Gasteiger partial charge in [0.25, 0.3) is 0 Å². The lowest BCUT2D eigenvalue weighted by Gasteiger charge is -2.31. The molecule has 1 saturated heterocycles. The molecule has 3 heterocycles. The predicted molar refractivity (Wildman–Crippen MR) is 85.6 cm³/mol. The number of thiophene rings is 1. The molecule has 21 heavy (non-hydrogen) atoms. The molecule has 2 aromatic heterocycles. The van der Waals surface area contributed by atoms with Gasteiger partial charge in [-0.05, 0) is 44.3 Å². The predicted octanol–water partition coefficient (Wildman–Crippen LogP) is 2.62. The number of rotatable bonds is 5. The number of hydrogen-bond acceptors (Lipinski definition) is 4. The minimum Gasteiger partial charge on any atom is -0.395 e. The first-order valence-corrected chi connectivity index (χ1v) is 8.53. The fraction of sp³-hybridized carbons (Fsp3) is 0.562. The van der Waals surface area contributed by atoms with Gasteiger partial charge in [0.05, 0.1) is 6.61 Å². The Labute approximate surface area is 130 Å². The Morgan fingerprint density at radius 3 is 2.86 bits per heavy atom. The molecule has 0 radical (unpaired) electrons. The molecular formula is C16H23N3OS. The average molecular weight is 305 g/mol. The molecule has 4 nitrogen and oxygen atoms in total. The van der Waals surface area contributed by atoms with Crippen molar-refractivity contribution in [1.82, 2.24) is 14.5 Å². The van der Waals surface area contributed by atoms with Crippen LogP contribution < -0.4 is 0 Å². The molecular weight excluding hydrogens is 282 g/mol. The Balaban J connectivity index is 1.60. The normalized spacial score (nSPS) is 17.4. The van der Waals surface area contributed by atoms with Crippen molar-refractivity contribution in [1.29, 1.82) is 0 Å². The third-order valence-corrected chi connectivity index (χ3v) is 5.18. The molecule has 1 aliphatic heterocycles. The number of nitrogens with zero attached hydrogens (tertiary/aromatic N) is 3. The zero-order chi connectivity index (χ0) is 14.7. The molecule has 114 valence electrons. The summed E-state index contributed by atoms with van der Waals surface area (Å²) in [6, 6.07) is 4.34. The lowest BCUT2D eigenvalue weighted by molar-refractivity contribution is 0.199. The van der Waals surface area contributed by atoms with Crippen LogP contribution >= 0.6 is 11.3 Å². The SMILES string of the molecule is Cc1cnc(C2CCN(Cc3cccs3)CC2)n1CCO. The molecule has 0 unspecified atom stereocenters. The van der Waals surface area contributed by atoms with Crippen molar-refractivity contribution in [3.05, 3.63) is 40.1 Å². The standard InChI is InChI=1S/C16H23N3OS/c1-13-11-17-16(19(13)8-9-20)14-4-6-18(7-5-14)12-15-3-2-10-21-15/h2-3,10-11,14,20H,4-9,12H2,1H3. The minimum absolute atomic E-state index is 0.182. The van der Waals surface area contributed by atoms with Crippen LogP contribution in [0.1, 0.15) is 35.2 Å². The average Bonchev–Trinajstić information content (AvgIpc) is 3.12. The first-order valence-electron chi connectivity index (χ1n) is 7.65. The second-order valence-corrected chi connectivity index (χ2v) is 6.80. The van der Waals surface area contributed by atoms with E-state index in [0.717, 1.165) is 44.0 Å². The highest BCUT2D eigenvalue weighted by Crippen LogP contribution is 2.28. The number of aryl methyl sites for hydroxylation is 1. The smallest absolute Gasteiger partial charge is 0.112 e. The maximum Gasteiger partial charge on any atom is 0.112 e. The third kappa shape index (κ3) is 3.36. The van der Waals surface area contributed by atoms with Crippen LogP contribution in [0.2, 0.25) is 0 Å². The van der Waals surface area contributed by atoms with Crippen LogP contribution in [0.25, 0.3) is 0 Å². The number of aliphatic hydroxyl groups excluding tert-OH is 1. The van der Waals surface area contributed by atoms with E-state index in [-0.39, 0.29) is 6.61 Å². The van der Waals surface area contributed by atoms with Crippen LogP contribution in [0.5, 0.6) is 0 Å². The van der Waals surface area contributed by atoms with E-state index in [1.54, 1.807) is 0 Å². The summed E-state index contributed by atoms with van der Waals surface area (Å²) in [5, 5.41) is 11.4. The van der Waals surface area contributed by atoms with Crippen molar-refractivity contribution in [2.24, 2.45) is 0 Å². The van der Waals surface area contributed by atoms with Crippen LogP contribution in [0.15, 0.2) is 23.7 Å².